The van der Waals surface area contributed by atoms with E-state index in [-0.39, 0.29) is 0 Å². The molecular formula is C10H9N3. The van der Waals surface area contributed by atoms with E-state index in [0.29, 0.717) is 0 Å². The van der Waals surface area contributed by atoms with Crippen LogP contribution < -0.4 is 0 Å². The van der Waals surface area contributed by atoms with Gasteiger partial charge in [-0.3, -0.25) is 4.40 Å². The lowest BCUT2D eigenvalue weighted by molar-refractivity contribution is 1.16. The van der Waals surface area contributed by atoms with Gasteiger partial charge in [-0.25, -0.2) is 4.98 Å². The third-order valence-corrected chi connectivity index (χ3v) is 2.23. The molecule has 0 radical (unpaired) electrons. The van der Waals surface area contributed by atoms with Crippen molar-refractivity contribution >= 4 is 16.8 Å². The minimum Gasteiger partial charge on any atom is -0.343 e. The molecule has 0 aliphatic rings. The van der Waals surface area contributed by atoms with E-state index in [2.05, 4.69) is 20.4 Å². The van der Waals surface area contributed by atoms with E-state index in [1.165, 1.54) is 0 Å². The zero-order valence-corrected chi connectivity index (χ0v) is 7.28. The van der Waals surface area contributed by atoms with Crippen LogP contribution in [0.4, 0.5) is 0 Å². The fourth-order valence-corrected chi connectivity index (χ4v) is 1.67. The normalized spacial score (nSPS) is 11.5. The number of aryl methyl sites for hydroxylation is 1. The molecule has 0 saturated carbocycles. The predicted molar refractivity (Wildman–Crippen MR) is 51.8 cm³/mol. The Labute approximate surface area is 75.0 Å². The maximum atomic E-state index is 4.47. The molecule has 3 aromatic rings. The summed E-state index contributed by atoms with van der Waals surface area (Å²) in [6.45, 7) is 2.04. The highest BCUT2D eigenvalue weighted by atomic mass is 15.1. The molecule has 0 amide bonds. The molecule has 13 heavy (non-hydrogen) atoms. The van der Waals surface area contributed by atoms with Crippen molar-refractivity contribution in [1.29, 1.82) is 0 Å². The van der Waals surface area contributed by atoms with Crippen molar-refractivity contribution in [3.63, 3.8) is 0 Å². The molecule has 0 atom stereocenters. The molecule has 0 aliphatic carbocycles. The van der Waals surface area contributed by atoms with E-state index in [4.69, 9.17) is 0 Å². The summed E-state index contributed by atoms with van der Waals surface area (Å²) < 4.78 is 2.06. The van der Waals surface area contributed by atoms with Crippen molar-refractivity contribution in [2.24, 2.45) is 0 Å². The van der Waals surface area contributed by atoms with Crippen molar-refractivity contribution in [3.05, 3.63) is 36.2 Å². The number of nitrogens with zero attached hydrogens (tertiary/aromatic N) is 2. The Hall–Kier alpha value is -1.77. The first-order valence-corrected chi connectivity index (χ1v) is 4.27. The summed E-state index contributed by atoms with van der Waals surface area (Å²) >= 11 is 0. The van der Waals surface area contributed by atoms with E-state index in [1.54, 1.807) is 0 Å². The van der Waals surface area contributed by atoms with Gasteiger partial charge in [0.25, 0.3) is 0 Å². The molecule has 3 heteroatoms. The van der Waals surface area contributed by atoms with Gasteiger partial charge in [0.1, 0.15) is 16.8 Å². The van der Waals surface area contributed by atoms with Crippen LogP contribution in [-0.4, -0.2) is 14.4 Å². The number of imidazole rings is 1. The summed E-state index contributed by atoms with van der Waals surface area (Å²) in [5.74, 6) is 0. The van der Waals surface area contributed by atoms with Gasteiger partial charge in [-0.1, -0.05) is 6.07 Å². The van der Waals surface area contributed by atoms with Crippen molar-refractivity contribution < 1.29 is 0 Å². The van der Waals surface area contributed by atoms with Crippen LogP contribution in [-0.2, 0) is 0 Å². The molecule has 0 spiro atoms. The Balaban J connectivity index is 2.60. The van der Waals surface area contributed by atoms with Gasteiger partial charge in [-0.15, -0.1) is 0 Å². The van der Waals surface area contributed by atoms with Crippen molar-refractivity contribution in [1.82, 2.24) is 14.4 Å². The van der Waals surface area contributed by atoms with Gasteiger partial charge in [-0.2, -0.15) is 0 Å². The van der Waals surface area contributed by atoms with Crippen LogP contribution in [0, 0.1) is 6.92 Å². The van der Waals surface area contributed by atoms with Gasteiger partial charge >= 0.3 is 0 Å². The molecular weight excluding hydrogens is 162 g/mol. The number of aromatic nitrogens is 3. The highest BCUT2D eigenvalue weighted by molar-refractivity contribution is 5.78. The molecule has 64 valence electrons. The minimum atomic E-state index is 0.990. The summed E-state index contributed by atoms with van der Waals surface area (Å²) in [6, 6.07) is 8.06. The number of fused-ring (bicyclic) bond motifs is 3. The molecule has 3 aromatic heterocycles. The maximum Gasteiger partial charge on any atom is 0.142 e. The quantitative estimate of drug-likeness (QED) is 0.552. The number of aromatic amines is 1. The number of rotatable bonds is 0. The highest BCUT2D eigenvalue weighted by Crippen LogP contribution is 2.16. The molecule has 3 nitrogen and oxygen atoms in total. The van der Waals surface area contributed by atoms with Gasteiger partial charge < -0.3 is 4.98 Å². The van der Waals surface area contributed by atoms with Crippen LogP contribution in [0.2, 0.25) is 0 Å². The van der Waals surface area contributed by atoms with E-state index in [0.717, 1.165) is 22.5 Å². The van der Waals surface area contributed by atoms with E-state index in [9.17, 15) is 0 Å². The summed E-state index contributed by atoms with van der Waals surface area (Å²) in [4.78, 5) is 7.75. The summed E-state index contributed by atoms with van der Waals surface area (Å²) in [7, 11) is 0. The minimum absolute atomic E-state index is 0.990. The number of hydrogen-bond donors (Lipinski definition) is 1. The third kappa shape index (κ3) is 0.811. The Kier molecular flexibility index (Phi) is 1.10. The van der Waals surface area contributed by atoms with Gasteiger partial charge in [0.15, 0.2) is 0 Å². The standard InChI is InChI=1S/C10H9N3/c1-7-6-8-10(11-7)13-5-3-2-4-9(13)12-8/h2-6,11H,1H3. The lowest BCUT2D eigenvalue weighted by Gasteiger charge is -1.91. The predicted octanol–water partition coefficient (Wildman–Crippen LogP) is 2.12. The van der Waals surface area contributed by atoms with Gasteiger partial charge in [0, 0.05) is 11.9 Å². The zero-order valence-electron chi connectivity index (χ0n) is 7.28. The van der Waals surface area contributed by atoms with E-state index in [1.807, 2.05) is 31.3 Å². The molecule has 3 rings (SSSR count). The summed E-state index contributed by atoms with van der Waals surface area (Å²) in [6.07, 6.45) is 2.01. The Bertz CT molecular complexity index is 574. The molecule has 0 bridgehead atoms. The maximum absolute atomic E-state index is 4.47. The van der Waals surface area contributed by atoms with Gasteiger partial charge in [0.05, 0.1) is 0 Å². The number of nitrogens with one attached hydrogen (secondary N) is 1. The lowest BCUT2D eigenvalue weighted by Crippen LogP contribution is -1.83. The Morgan fingerprint density at radius 3 is 3.23 bits per heavy atom. The first kappa shape index (κ1) is 6.71. The average molecular weight is 171 g/mol. The second-order valence-corrected chi connectivity index (χ2v) is 3.23. The zero-order chi connectivity index (χ0) is 8.84. The molecule has 0 aliphatic heterocycles. The largest absolute Gasteiger partial charge is 0.343 e. The summed E-state index contributed by atoms with van der Waals surface area (Å²) in [5.41, 5.74) is 4.25. The smallest absolute Gasteiger partial charge is 0.142 e. The number of pyridine rings is 1. The van der Waals surface area contributed by atoms with E-state index < -0.39 is 0 Å². The number of hydrogen-bond acceptors (Lipinski definition) is 1. The molecule has 3 heterocycles. The molecule has 0 unspecified atom stereocenters. The van der Waals surface area contributed by atoms with Crippen LogP contribution in [0.1, 0.15) is 5.69 Å². The van der Waals surface area contributed by atoms with Crippen LogP contribution in [0.15, 0.2) is 30.5 Å². The second kappa shape index (κ2) is 2.13. The fourth-order valence-electron chi connectivity index (χ4n) is 1.67. The van der Waals surface area contributed by atoms with Gasteiger partial charge in [-0.05, 0) is 25.1 Å². The van der Waals surface area contributed by atoms with Crippen molar-refractivity contribution in [3.8, 4) is 0 Å². The average Bonchev–Trinajstić information content (AvgIpc) is 2.60. The van der Waals surface area contributed by atoms with Crippen LogP contribution in [0.5, 0.6) is 0 Å². The Morgan fingerprint density at radius 2 is 2.31 bits per heavy atom. The molecule has 1 N–H and O–H groups in total. The highest BCUT2D eigenvalue weighted by Gasteiger charge is 2.04. The van der Waals surface area contributed by atoms with E-state index >= 15 is 0 Å². The first-order chi connectivity index (χ1) is 6.34. The number of H-pyrrole nitrogens is 1. The molecule has 0 saturated heterocycles. The van der Waals surface area contributed by atoms with Crippen LogP contribution >= 0.6 is 0 Å². The second-order valence-electron chi connectivity index (χ2n) is 3.23. The first-order valence-electron chi connectivity index (χ1n) is 4.27. The third-order valence-electron chi connectivity index (χ3n) is 2.23. The molecule has 0 fully saturated rings. The SMILES string of the molecule is Cc1cc2nc3ccccn3c2[nH]1. The lowest BCUT2D eigenvalue weighted by atomic mass is 10.5. The van der Waals surface area contributed by atoms with Crippen molar-refractivity contribution in [2.45, 2.75) is 6.92 Å². The van der Waals surface area contributed by atoms with Crippen molar-refractivity contribution in [2.75, 3.05) is 0 Å². The topological polar surface area (TPSA) is 33.1 Å². The Morgan fingerprint density at radius 1 is 1.38 bits per heavy atom. The fraction of sp³-hybridized carbons (Fsp3) is 0.100. The summed E-state index contributed by atoms with van der Waals surface area (Å²) in [5, 5.41) is 0. The monoisotopic (exact) mass is 171 g/mol. The van der Waals surface area contributed by atoms with Gasteiger partial charge in [0.2, 0.25) is 0 Å². The molecule has 0 aromatic carbocycles. The van der Waals surface area contributed by atoms with Crippen LogP contribution in [0.25, 0.3) is 16.8 Å². The van der Waals surface area contributed by atoms with Crippen LogP contribution in [0.3, 0.4) is 0 Å².